The summed E-state index contributed by atoms with van der Waals surface area (Å²) in [6, 6.07) is 8.57. The molecule has 1 N–H and O–H groups in total. The van der Waals surface area contributed by atoms with E-state index >= 15 is 0 Å². The van der Waals surface area contributed by atoms with Gasteiger partial charge in [0.1, 0.15) is 5.03 Å². The highest BCUT2D eigenvalue weighted by atomic mass is 35.5. The molecule has 84 valence electrons. The molecule has 0 aliphatic carbocycles. The summed E-state index contributed by atoms with van der Waals surface area (Å²) in [4.78, 5) is 22.4. The lowest BCUT2D eigenvalue weighted by Crippen LogP contribution is -2.18. The Bertz CT molecular complexity index is 414. The van der Waals surface area contributed by atoms with Crippen LogP contribution in [0.3, 0.4) is 0 Å². The summed E-state index contributed by atoms with van der Waals surface area (Å²) in [6.45, 7) is 0. The number of hydrogen-bond donors (Lipinski definition) is 1. The maximum Gasteiger partial charge on any atom is 0.350 e. The summed E-state index contributed by atoms with van der Waals surface area (Å²) in [5.74, 6) is -1.04. The Morgan fingerprint density at radius 3 is 2.50 bits per heavy atom. The molecule has 0 saturated heterocycles. The van der Waals surface area contributed by atoms with Crippen LogP contribution in [-0.4, -0.2) is 19.0 Å². The van der Waals surface area contributed by atoms with E-state index in [1.54, 1.807) is 30.3 Å². The van der Waals surface area contributed by atoms with E-state index < -0.39 is 5.97 Å². The summed E-state index contributed by atoms with van der Waals surface area (Å²) in [6.07, 6.45) is 1.10. The van der Waals surface area contributed by atoms with E-state index in [-0.39, 0.29) is 10.9 Å². The second-order valence-electron chi connectivity index (χ2n) is 2.82. The number of carbonyl (C=O) groups excluding carboxylic acids is 2. The first-order valence-corrected chi connectivity index (χ1v) is 4.83. The molecule has 1 amide bonds. The normalized spacial score (nSPS) is 10.8. The van der Waals surface area contributed by atoms with Crippen LogP contribution >= 0.6 is 11.6 Å². The van der Waals surface area contributed by atoms with E-state index in [0.29, 0.717) is 5.56 Å². The van der Waals surface area contributed by atoms with E-state index in [1.807, 2.05) is 0 Å². The molecule has 0 unspecified atom stereocenters. The molecular formula is C11H10ClNO3. The van der Waals surface area contributed by atoms with Crippen LogP contribution in [0.2, 0.25) is 0 Å². The third-order valence-electron chi connectivity index (χ3n) is 1.75. The minimum Gasteiger partial charge on any atom is -0.465 e. The van der Waals surface area contributed by atoms with E-state index in [4.69, 9.17) is 11.6 Å². The molecule has 4 nitrogen and oxygen atoms in total. The Hall–Kier alpha value is -1.81. The van der Waals surface area contributed by atoms with E-state index in [9.17, 15) is 9.59 Å². The Kier molecular flexibility index (Phi) is 4.54. The van der Waals surface area contributed by atoms with Crippen LogP contribution < -0.4 is 5.32 Å². The molecule has 0 aliphatic heterocycles. The average molecular weight is 240 g/mol. The van der Waals surface area contributed by atoms with Gasteiger partial charge >= 0.3 is 5.97 Å². The molecule has 1 aromatic carbocycles. The number of carbonyl (C=O) groups is 2. The summed E-state index contributed by atoms with van der Waals surface area (Å²) in [7, 11) is 1.21. The Balaban J connectivity index is 2.63. The van der Waals surface area contributed by atoms with Crippen LogP contribution in [0.15, 0.2) is 41.6 Å². The number of rotatable bonds is 3. The number of esters is 1. The standard InChI is InChI=1S/C11H10ClNO3/c1-16-11(15)9(12)7-13-10(14)8-5-3-2-4-6-8/h2-7H,1H3,(H,13,14)/b9-7-. The number of ether oxygens (including phenoxy) is 1. The lowest BCUT2D eigenvalue weighted by Gasteiger charge is -2.00. The van der Waals surface area contributed by atoms with Gasteiger partial charge in [0.15, 0.2) is 0 Å². The lowest BCUT2D eigenvalue weighted by molar-refractivity contribution is -0.135. The van der Waals surface area contributed by atoms with Gasteiger partial charge in [0.25, 0.3) is 5.91 Å². The molecule has 0 heterocycles. The SMILES string of the molecule is COC(=O)/C(Cl)=C/NC(=O)c1ccccc1. The van der Waals surface area contributed by atoms with Gasteiger partial charge in [-0.1, -0.05) is 29.8 Å². The molecule has 16 heavy (non-hydrogen) atoms. The fourth-order valence-electron chi connectivity index (χ4n) is 0.958. The van der Waals surface area contributed by atoms with Gasteiger partial charge in [0.05, 0.1) is 7.11 Å². The van der Waals surface area contributed by atoms with Gasteiger partial charge in [-0.2, -0.15) is 0 Å². The summed E-state index contributed by atoms with van der Waals surface area (Å²) < 4.78 is 4.36. The van der Waals surface area contributed by atoms with Crippen molar-refractivity contribution in [1.29, 1.82) is 0 Å². The Morgan fingerprint density at radius 1 is 1.31 bits per heavy atom. The summed E-state index contributed by atoms with van der Waals surface area (Å²) in [5.41, 5.74) is 0.480. The van der Waals surface area contributed by atoms with Crippen LogP contribution in [0.4, 0.5) is 0 Å². The van der Waals surface area contributed by atoms with Crippen molar-refractivity contribution in [2.45, 2.75) is 0 Å². The number of amides is 1. The number of benzene rings is 1. The number of nitrogens with one attached hydrogen (secondary N) is 1. The van der Waals surface area contributed by atoms with Crippen molar-refractivity contribution in [3.63, 3.8) is 0 Å². The van der Waals surface area contributed by atoms with Gasteiger partial charge in [-0.3, -0.25) is 4.79 Å². The molecule has 0 spiro atoms. The van der Waals surface area contributed by atoms with Gasteiger partial charge in [-0.15, -0.1) is 0 Å². The third kappa shape index (κ3) is 3.40. The molecule has 1 rings (SSSR count). The van der Waals surface area contributed by atoms with Crippen LogP contribution in [0.1, 0.15) is 10.4 Å². The van der Waals surface area contributed by atoms with Gasteiger partial charge in [-0.25, -0.2) is 4.79 Å². The van der Waals surface area contributed by atoms with E-state index in [0.717, 1.165) is 6.20 Å². The fourth-order valence-corrected chi connectivity index (χ4v) is 1.09. The van der Waals surface area contributed by atoms with Gasteiger partial charge in [0, 0.05) is 11.8 Å². The molecule has 5 heteroatoms. The first-order valence-electron chi connectivity index (χ1n) is 4.45. The molecule has 0 aromatic heterocycles. The summed E-state index contributed by atoms with van der Waals surface area (Å²) >= 11 is 5.53. The highest BCUT2D eigenvalue weighted by molar-refractivity contribution is 6.41. The first kappa shape index (κ1) is 12.3. The van der Waals surface area contributed by atoms with Crippen LogP contribution in [-0.2, 0) is 9.53 Å². The molecule has 0 saturated carbocycles. The zero-order chi connectivity index (χ0) is 12.0. The molecular weight excluding hydrogens is 230 g/mol. The fraction of sp³-hybridized carbons (Fsp3) is 0.0909. The van der Waals surface area contributed by atoms with E-state index in [1.165, 1.54) is 7.11 Å². The monoisotopic (exact) mass is 239 g/mol. The number of hydrogen-bond acceptors (Lipinski definition) is 3. The van der Waals surface area contributed by atoms with Crippen LogP contribution in [0.25, 0.3) is 0 Å². The molecule has 0 aliphatic rings. The highest BCUT2D eigenvalue weighted by Crippen LogP contribution is 2.02. The molecule has 1 aromatic rings. The number of methoxy groups -OCH3 is 1. The molecule has 0 radical (unpaired) electrons. The van der Waals surface area contributed by atoms with Crippen LogP contribution in [0.5, 0.6) is 0 Å². The zero-order valence-electron chi connectivity index (χ0n) is 8.57. The maximum absolute atomic E-state index is 11.5. The molecule has 0 bridgehead atoms. The van der Waals surface area contributed by atoms with Gasteiger partial charge in [0.2, 0.25) is 0 Å². The second-order valence-corrected chi connectivity index (χ2v) is 3.23. The van der Waals surface area contributed by atoms with Gasteiger partial charge in [-0.05, 0) is 12.1 Å². The van der Waals surface area contributed by atoms with Crippen molar-refractivity contribution < 1.29 is 14.3 Å². The smallest absolute Gasteiger partial charge is 0.350 e. The maximum atomic E-state index is 11.5. The first-order chi connectivity index (χ1) is 7.65. The van der Waals surface area contributed by atoms with Crippen molar-refractivity contribution in [3.05, 3.63) is 47.1 Å². The second kappa shape index (κ2) is 5.92. The highest BCUT2D eigenvalue weighted by Gasteiger charge is 2.07. The largest absolute Gasteiger partial charge is 0.465 e. The molecule has 0 fully saturated rings. The predicted octanol–water partition coefficient (Wildman–Crippen LogP) is 1.67. The molecule has 0 atom stereocenters. The van der Waals surface area contributed by atoms with Crippen molar-refractivity contribution in [3.8, 4) is 0 Å². The topological polar surface area (TPSA) is 55.4 Å². The van der Waals surface area contributed by atoms with Crippen LogP contribution in [0, 0.1) is 0 Å². The van der Waals surface area contributed by atoms with E-state index in [2.05, 4.69) is 10.1 Å². The third-order valence-corrected chi connectivity index (χ3v) is 2.01. The number of halogens is 1. The zero-order valence-corrected chi connectivity index (χ0v) is 9.32. The van der Waals surface area contributed by atoms with Crippen molar-refractivity contribution >= 4 is 23.5 Å². The minimum absolute atomic E-state index is 0.188. The van der Waals surface area contributed by atoms with Crippen molar-refractivity contribution in [1.82, 2.24) is 5.32 Å². The average Bonchev–Trinajstić information content (AvgIpc) is 2.35. The minimum atomic E-state index is -0.699. The van der Waals surface area contributed by atoms with Gasteiger partial charge < -0.3 is 10.1 Å². The Morgan fingerprint density at radius 2 is 1.94 bits per heavy atom. The predicted molar refractivity (Wildman–Crippen MR) is 59.9 cm³/mol. The quantitative estimate of drug-likeness (QED) is 0.645. The van der Waals surface area contributed by atoms with Crippen molar-refractivity contribution in [2.75, 3.05) is 7.11 Å². The Labute approximate surface area is 97.9 Å². The lowest BCUT2D eigenvalue weighted by atomic mass is 10.2. The van der Waals surface area contributed by atoms with Crippen molar-refractivity contribution in [2.24, 2.45) is 0 Å². The summed E-state index contributed by atoms with van der Waals surface area (Å²) in [5, 5.41) is 2.19.